The monoisotopic (exact) mass is 291 g/mol. The molecule has 0 aliphatic rings. The number of nitrogens with one attached hydrogen (secondary N) is 1. The minimum absolute atomic E-state index is 0.160. The summed E-state index contributed by atoms with van der Waals surface area (Å²) in [5.74, 6) is 3.88. The Bertz CT molecular complexity index is 703. The lowest BCUT2D eigenvalue weighted by molar-refractivity contribution is 0.103. The van der Waals surface area contributed by atoms with Gasteiger partial charge in [-0.15, -0.1) is 5.10 Å². The van der Waals surface area contributed by atoms with E-state index in [0.717, 1.165) is 11.5 Å². The van der Waals surface area contributed by atoms with Gasteiger partial charge in [0.25, 0.3) is 5.91 Å². The number of aromatic nitrogens is 2. The summed E-state index contributed by atoms with van der Waals surface area (Å²) in [4.78, 5) is 12.3. The second-order valence-electron chi connectivity index (χ2n) is 3.80. The molecule has 2 aromatic rings. The lowest BCUT2D eigenvalue weighted by Gasteiger charge is -2.04. The van der Waals surface area contributed by atoms with E-state index in [-0.39, 0.29) is 18.1 Å². The Morgan fingerprint density at radius 3 is 2.95 bits per heavy atom. The Morgan fingerprint density at radius 2 is 2.35 bits per heavy atom. The van der Waals surface area contributed by atoms with E-state index in [1.165, 1.54) is 18.2 Å². The molecule has 1 amide bonds. The predicted octanol–water partition coefficient (Wildman–Crippen LogP) is 1.58. The summed E-state index contributed by atoms with van der Waals surface area (Å²) in [6.07, 6.45) is 0. The molecule has 0 saturated carbocycles. The summed E-state index contributed by atoms with van der Waals surface area (Å²) in [7, 11) is 0. The van der Waals surface area contributed by atoms with Gasteiger partial charge in [0.1, 0.15) is 17.3 Å². The van der Waals surface area contributed by atoms with Crippen LogP contribution in [-0.2, 0) is 0 Å². The van der Waals surface area contributed by atoms with Crippen molar-refractivity contribution in [3.63, 3.8) is 0 Å². The van der Waals surface area contributed by atoms with Crippen LogP contribution in [0.1, 0.15) is 20.9 Å². The van der Waals surface area contributed by atoms with Gasteiger partial charge >= 0.3 is 0 Å². The number of carbonyl (C=O) groups excluding carboxylic acids is 1. The van der Waals surface area contributed by atoms with Gasteiger partial charge in [0.2, 0.25) is 0 Å². The third kappa shape index (κ3) is 3.17. The topological polar surface area (TPSA) is 75.1 Å². The van der Waals surface area contributed by atoms with Crippen LogP contribution in [0.25, 0.3) is 0 Å². The van der Waals surface area contributed by atoms with Crippen LogP contribution in [0.4, 0.5) is 10.1 Å². The molecular formula is C13H10FN3O2S. The average molecular weight is 291 g/mol. The number of rotatable bonds is 2. The number of aryl methyl sites for hydroxylation is 1. The van der Waals surface area contributed by atoms with E-state index in [4.69, 9.17) is 5.11 Å². The fraction of sp³-hybridized carbons (Fsp3) is 0.154. The predicted molar refractivity (Wildman–Crippen MR) is 73.0 cm³/mol. The Hall–Kier alpha value is -2.30. The molecule has 2 N–H and O–H groups in total. The number of nitrogens with zero attached hydrogens (tertiary/aromatic N) is 2. The second kappa shape index (κ2) is 6.23. The highest BCUT2D eigenvalue weighted by Gasteiger charge is 2.13. The van der Waals surface area contributed by atoms with Crippen molar-refractivity contribution in [1.29, 1.82) is 0 Å². The zero-order valence-corrected chi connectivity index (χ0v) is 11.3. The van der Waals surface area contributed by atoms with Gasteiger partial charge in [-0.2, -0.15) is 0 Å². The molecule has 102 valence electrons. The van der Waals surface area contributed by atoms with Gasteiger partial charge in [0.05, 0.1) is 11.3 Å². The standard InChI is InChI=1S/C13H10FN3O2S/c1-8-12(20-17-16-8)13(19)15-10-5-4-9(3-2-6-18)11(14)7-10/h4-5,7,18H,6H2,1H3,(H,15,19). The van der Waals surface area contributed by atoms with E-state index in [0.29, 0.717) is 16.3 Å². The number of benzene rings is 1. The summed E-state index contributed by atoms with van der Waals surface area (Å²) < 4.78 is 17.4. The summed E-state index contributed by atoms with van der Waals surface area (Å²) in [5, 5.41) is 14.9. The van der Waals surface area contributed by atoms with E-state index in [1.807, 2.05) is 0 Å². The van der Waals surface area contributed by atoms with E-state index >= 15 is 0 Å². The van der Waals surface area contributed by atoms with E-state index in [9.17, 15) is 9.18 Å². The van der Waals surface area contributed by atoms with Crippen molar-refractivity contribution in [1.82, 2.24) is 9.59 Å². The molecule has 1 aromatic carbocycles. The Balaban J connectivity index is 2.17. The van der Waals surface area contributed by atoms with Gasteiger partial charge in [-0.3, -0.25) is 4.79 Å². The quantitative estimate of drug-likeness (QED) is 0.824. The second-order valence-corrected chi connectivity index (χ2v) is 4.55. The summed E-state index contributed by atoms with van der Waals surface area (Å²) in [6, 6.07) is 4.14. The van der Waals surface area contributed by atoms with Crippen LogP contribution in [0.5, 0.6) is 0 Å². The van der Waals surface area contributed by atoms with E-state index < -0.39 is 5.82 Å². The molecule has 0 bridgehead atoms. The van der Waals surface area contributed by atoms with E-state index in [2.05, 4.69) is 26.7 Å². The van der Waals surface area contributed by atoms with Crippen molar-refractivity contribution in [2.45, 2.75) is 6.92 Å². The molecule has 20 heavy (non-hydrogen) atoms. The van der Waals surface area contributed by atoms with Crippen LogP contribution in [0, 0.1) is 24.6 Å². The first-order valence-corrected chi connectivity index (χ1v) is 6.38. The molecule has 0 unspecified atom stereocenters. The largest absolute Gasteiger partial charge is 0.384 e. The first-order valence-electron chi connectivity index (χ1n) is 5.61. The van der Waals surface area contributed by atoms with Crippen molar-refractivity contribution < 1.29 is 14.3 Å². The van der Waals surface area contributed by atoms with Crippen molar-refractivity contribution in [2.75, 3.05) is 11.9 Å². The van der Waals surface area contributed by atoms with Gasteiger partial charge in [0.15, 0.2) is 0 Å². The zero-order valence-electron chi connectivity index (χ0n) is 10.5. The normalized spacial score (nSPS) is 9.75. The Labute approximate surface area is 118 Å². The number of hydrogen-bond donors (Lipinski definition) is 2. The molecule has 0 radical (unpaired) electrons. The lowest BCUT2D eigenvalue weighted by Crippen LogP contribution is -2.11. The van der Waals surface area contributed by atoms with Crippen molar-refractivity contribution in [3.05, 3.63) is 40.2 Å². The van der Waals surface area contributed by atoms with Crippen LogP contribution in [-0.4, -0.2) is 27.2 Å². The highest BCUT2D eigenvalue weighted by molar-refractivity contribution is 7.08. The molecule has 0 fully saturated rings. The van der Waals surface area contributed by atoms with Crippen LogP contribution >= 0.6 is 11.5 Å². The maximum absolute atomic E-state index is 13.7. The van der Waals surface area contributed by atoms with Crippen molar-refractivity contribution in [3.8, 4) is 11.8 Å². The fourth-order valence-electron chi connectivity index (χ4n) is 1.46. The smallest absolute Gasteiger partial charge is 0.269 e. The SMILES string of the molecule is Cc1nnsc1C(=O)Nc1ccc(C#CCO)c(F)c1. The minimum Gasteiger partial charge on any atom is -0.384 e. The summed E-state index contributed by atoms with van der Waals surface area (Å²) in [6.45, 7) is 1.34. The molecule has 5 nitrogen and oxygen atoms in total. The highest BCUT2D eigenvalue weighted by Crippen LogP contribution is 2.16. The number of carbonyl (C=O) groups is 1. The highest BCUT2D eigenvalue weighted by atomic mass is 32.1. The number of halogens is 1. The molecule has 1 aromatic heterocycles. The maximum Gasteiger partial charge on any atom is 0.269 e. The maximum atomic E-state index is 13.7. The molecule has 0 spiro atoms. The molecule has 0 atom stereocenters. The van der Waals surface area contributed by atoms with Crippen LogP contribution in [0.3, 0.4) is 0 Å². The molecular weight excluding hydrogens is 281 g/mol. The van der Waals surface area contributed by atoms with Crippen LogP contribution < -0.4 is 5.32 Å². The summed E-state index contributed by atoms with van der Waals surface area (Å²) in [5.41, 5.74) is 1.00. The fourth-order valence-corrected chi connectivity index (χ4v) is 2.01. The Kier molecular flexibility index (Phi) is 4.40. The van der Waals surface area contributed by atoms with Gasteiger partial charge in [-0.05, 0) is 36.7 Å². The third-order valence-corrected chi connectivity index (χ3v) is 3.21. The molecule has 1 heterocycles. The molecule has 7 heteroatoms. The van der Waals surface area contributed by atoms with Crippen molar-refractivity contribution in [2.24, 2.45) is 0 Å². The van der Waals surface area contributed by atoms with Gasteiger partial charge < -0.3 is 10.4 Å². The summed E-state index contributed by atoms with van der Waals surface area (Å²) >= 11 is 0.978. The van der Waals surface area contributed by atoms with Gasteiger partial charge in [0, 0.05) is 5.69 Å². The lowest BCUT2D eigenvalue weighted by atomic mass is 10.2. The molecule has 0 saturated heterocycles. The minimum atomic E-state index is -0.567. The number of aliphatic hydroxyl groups excluding tert-OH is 1. The van der Waals surface area contributed by atoms with Gasteiger partial charge in [-0.25, -0.2) is 4.39 Å². The van der Waals surface area contributed by atoms with Crippen molar-refractivity contribution >= 4 is 23.1 Å². The van der Waals surface area contributed by atoms with E-state index in [1.54, 1.807) is 6.92 Å². The average Bonchev–Trinajstić information content (AvgIpc) is 2.84. The number of anilines is 1. The molecule has 2 rings (SSSR count). The Morgan fingerprint density at radius 1 is 1.55 bits per heavy atom. The van der Waals surface area contributed by atoms with Gasteiger partial charge in [-0.1, -0.05) is 16.3 Å². The first-order chi connectivity index (χ1) is 9.61. The zero-order chi connectivity index (χ0) is 14.5. The number of aliphatic hydroxyl groups is 1. The number of hydrogen-bond acceptors (Lipinski definition) is 5. The third-order valence-electron chi connectivity index (χ3n) is 2.39. The molecule has 0 aliphatic carbocycles. The number of amides is 1. The van der Waals surface area contributed by atoms with Crippen LogP contribution in [0.15, 0.2) is 18.2 Å². The first kappa shape index (κ1) is 14.1. The molecule has 0 aliphatic heterocycles. The van der Waals surface area contributed by atoms with Crippen LogP contribution in [0.2, 0.25) is 0 Å².